The molecule has 0 aliphatic rings. The Morgan fingerprint density at radius 1 is 1.44 bits per heavy atom. The van der Waals surface area contributed by atoms with Crippen molar-refractivity contribution in [3.05, 3.63) is 40.9 Å². The molecule has 0 heterocycles. The number of hydrogen-bond donors (Lipinski definition) is 0. The van der Waals surface area contributed by atoms with Gasteiger partial charge in [0.15, 0.2) is 0 Å². The number of nitrogens with zero attached hydrogens (tertiary/aromatic N) is 1. The molecule has 18 heavy (non-hydrogen) atoms. The topological polar surface area (TPSA) is 37.4 Å². The van der Waals surface area contributed by atoms with E-state index < -0.39 is 26.6 Å². The third kappa shape index (κ3) is 2.96. The van der Waals surface area contributed by atoms with Gasteiger partial charge in [-0.2, -0.15) is 4.31 Å². The molecule has 0 saturated heterocycles. The summed E-state index contributed by atoms with van der Waals surface area (Å²) in [6, 6.07) is 1.46. The molecule has 1 rings (SSSR count). The maximum Gasteiger partial charge on any atom is 0.247 e. The van der Waals surface area contributed by atoms with Crippen molar-refractivity contribution in [2.45, 2.75) is 11.8 Å². The normalized spacial score (nSPS) is 11.8. The second-order valence-corrected chi connectivity index (χ2v) is 6.17. The van der Waals surface area contributed by atoms with E-state index in [0.29, 0.717) is 6.07 Å². The van der Waals surface area contributed by atoms with Gasteiger partial charge in [-0.3, -0.25) is 0 Å². The molecular weight excluding hydrogens is 328 g/mol. The molecule has 0 saturated carbocycles. The smallest absolute Gasteiger partial charge is 0.207 e. The van der Waals surface area contributed by atoms with Gasteiger partial charge in [-0.05, 0) is 22.0 Å². The van der Waals surface area contributed by atoms with Crippen molar-refractivity contribution < 1.29 is 17.2 Å². The van der Waals surface area contributed by atoms with Crippen LogP contribution in [0.2, 0.25) is 0 Å². The van der Waals surface area contributed by atoms with E-state index in [-0.39, 0.29) is 17.6 Å². The van der Waals surface area contributed by atoms with E-state index >= 15 is 0 Å². The number of hydrogen-bond acceptors (Lipinski definition) is 2. The van der Waals surface area contributed by atoms with Crippen LogP contribution in [0.15, 0.2) is 34.2 Å². The Labute approximate surface area is 113 Å². The van der Waals surface area contributed by atoms with Gasteiger partial charge in [0, 0.05) is 23.6 Å². The first-order valence-corrected chi connectivity index (χ1v) is 7.33. The van der Waals surface area contributed by atoms with Crippen LogP contribution in [-0.4, -0.2) is 25.8 Å². The first-order chi connectivity index (χ1) is 8.34. The van der Waals surface area contributed by atoms with Gasteiger partial charge in [0.1, 0.15) is 16.5 Å². The standard InChI is InChI=1S/C11H12BrF2NO2S/c1-3-5-15(4-2)18(16,17)11-9(12)6-8(13)7-10(11)14/h3,6-7H,1,4-5H2,2H3. The fourth-order valence-electron chi connectivity index (χ4n) is 1.45. The number of likely N-dealkylation sites (N-methyl/N-ethyl adjacent to an activating group) is 1. The van der Waals surface area contributed by atoms with Gasteiger partial charge in [0.2, 0.25) is 10.0 Å². The summed E-state index contributed by atoms with van der Waals surface area (Å²) in [6.45, 7) is 5.29. The summed E-state index contributed by atoms with van der Waals surface area (Å²) in [5.41, 5.74) is 0. The van der Waals surface area contributed by atoms with Crippen LogP contribution in [-0.2, 0) is 10.0 Å². The maximum atomic E-state index is 13.6. The van der Waals surface area contributed by atoms with E-state index in [1.807, 2.05) is 0 Å². The van der Waals surface area contributed by atoms with E-state index in [1.54, 1.807) is 6.92 Å². The molecule has 0 aliphatic carbocycles. The van der Waals surface area contributed by atoms with Crippen molar-refractivity contribution >= 4 is 26.0 Å². The average Bonchev–Trinajstić information content (AvgIpc) is 2.23. The van der Waals surface area contributed by atoms with E-state index in [9.17, 15) is 17.2 Å². The lowest BCUT2D eigenvalue weighted by Crippen LogP contribution is -2.32. The molecule has 1 aromatic carbocycles. The molecule has 0 radical (unpaired) electrons. The van der Waals surface area contributed by atoms with Gasteiger partial charge in [0.05, 0.1) is 0 Å². The largest absolute Gasteiger partial charge is 0.247 e. The van der Waals surface area contributed by atoms with Gasteiger partial charge in [-0.15, -0.1) is 6.58 Å². The van der Waals surface area contributed by atoms with Crippen molar-refractivity contribution in [1.82, 2.24) is 4.31 Å². The number of rotatable bonds is 5. The minimum absolute atomic E-state index is 0.0576. The summed E-state index contributed by atoms with van der Waals surface area (Å²) >= 11 is 2.87. The molecule has 0 amide bonds. The Morgan fingerprint density at radius 3 is 2.50 bits per heavy atom. The summed E-state index contributed by atoms with van der Waals surface area (Å²) in [5.74, 6) is -1.96. The van der Waals surface area contributed by atoms with Crippen molar-refractivity contribution in [3.8, 4) is 0 Å². The van der Waals surface area contributed by atoms with Gasteiger partial charge < -0.3 is 0 Å². The van der Waals surface area contributed by atoms with Crippen molar-refractivity contribution in [3.63, 3.8) is 0 Å². The van der Waals surface area contributed by atoms with E-state index in [1.165, 1.54) is 6.08 Å². The van der Waals surface area contributed by atoms with Crippen LogP contribution in [0.25, 0.3) is 0 Å². The summed E-state index contributed by atoms with van der Waals surface area (Å²) in [5, 5.41) is 0. The quantitative estimate of drug-likeness (QED) is 0.773. The Bertz CT molecular complexity index is 537. The highest BCUT2D eigenvalue weighted by Gasteiger charge is 2.28. The van der Waals surface area contributed by atoms with Crippen LogP contribution in [0.4, 0.5) is 8.78 Å². The summed E-state index contributed by atoms with van der Waals surface area (Å²) in [4.78, 5) is -0.562. The predicted octanol–water partition coefficient (Wildman–Crippen LogP) is 2.92. The van der Waals surface area contributed by atoms with Crippen LogP contribution in [0.1, 0.15) is 6.92 Å². The highest BCUT2D eigenvalue weighted by Crippen LogP contribution is 2.28. The molecule has 0 unspecified atom stereocenters. The molecule has 100 valence electrons. The van der Waals surface area contributed by atoms with Gasteiger partial charge in [-0.25, -0.2) is 17.2 Å². The van der Waals surface area contributed by atoms with Crippen molar-refractivity contribution in [2.75, 3.05) is 13.1 Å². The second-order valence-electron chi connectivity index (χ2n) is 3.44. The molecule has 0 fully saturated rings. The first kappa shape index (κ1) is 15.3. The highest BCUT2D eigenvalue weighted by molar-refractivity contribution is 9.10. The lowest BCUT2D eigenvalue weighted by molar-refractivity contribution is 0.451. The summed E-state index contributed by atoms with van der Waals surface area (Å²) < 4.78 is 51.9. The fourth-order valence-corrected chi connectivity index (χ4v) is 3.98. The number of sulfonamides is 1. The third-order valence-corrected chi connectivity index (χ3v) is 5.15. The van der Waals surface area contributed by atoms with E-state index in [2.05, 4.69) is 22.5 Å². The molecule has 0 spiro atoms. The Morgan fingerprint density at radius 2 is 2.06 bits per heavy atom. The Balaban J connectivity index is 3.40. The minimum atomic E-state index is -4.02. The van der Waals surface area contributed by atoms with Crippen LogP contribution in [0, 0.1) is 11.6 Å². The second kappa shape index (κ2) is 5.90. The fraction of sp³-hybridized carbons (Fsp3) is 0.273. The van der Waals surface area contributed by atoms with Gasteiger partial charge in [0.25, 0.3) is 0 Å². The molecule has 0 aromatic heterocycles. The van der Waals surface area contributed by atoms with Crippen LogP contribution >= 0.6 is 15.9 Å². The lowest BCUT2D eigenvalue weighted by atomic mass is 10.3. The average molecular weight is 340 g/mol. The lowest BCUT2D eigenvalue weighted by Gasteiger charge is -2.19. The zero-order chi connectivity index (χ0) is 13.9. The van der Waals surface area contributed by atoms with Crippen molar-refractivity contribution in [2.24, 2.45) is 0 Å². The Kier molecular flexibility index (Phi) is 5.01. The minimum Gasteiger partial charge on any atom is -0.207 e. The van der Waals surface area contributed by atoms with Crippen LogP contribution in [0.3, 0.4) is 0 Å². The van der Waals surface area contributed by atoms with Crippen LogP contribution in [0.5, 0.6) is 0 Å². The molecule has 3 nitrogen and oxygen atoms in total. The summed E-state index contributed by atoms with van der Waals surface area (Å²) in [6.07, 6.45) is 1.40. The maximum absolute atomic E-state index is 13.6. The van der Waals surface area contributed by atoms with E-state index in [4.69, 9.17) is 0 Å². The Hall–Kier alpha value is -0.790. The first-order valence-electron chi connectivity index (χ1n) is 5.10. The molecule has 1 aromatic rings. The zero-order valence-corrected chi connectivity index (χ0v) is 12.1. The van der Waals surface area contributed by atoms with Crippen molar-refractivity contribution in [1.29, 1.82) is 0 Å². The number of benzene rings is 1. The SMILES string of the molecule is C=CCN(CC)S(=O)(=O)c1c(F)cc(F)cc1Br. The molecular formula is C11H12BrF2NO2S. The summed E-state index contributed by atoms with van der Waals surface area (Å²) in [7, 11) is -4.02. The molecule has 0 bridgehead atoms. The third-order valence-electron chi connectivity index (χ3n) is 2.25. The molecule has 0 aliphatic heterocycles. The van der Waals surface area contributed by atoms with E-state index in [0.717, 1.165) is 10.4 Å². The zero-order valence-electron chi connectivity index (χ0n) is 9.66. The highest BCUT2D eigenvalue weighted by atomic mass is 79.9. The molecule has 0 N–H and O–H groups in total. The monoisotopic (exact) mass is 339 g/mol. The van der Waals surface area contributed by atoms with Gasteiger partial charge >= 0.3 is 0 Å². The number of halogens is 3. The van der Waals surface area contributed by atoms with Gasteiger partial charge in [-0.1, -0.05) is 13.0 Å². The molecule has 0 atom stereocenters. The molecule has 7 heteroatoms. The predicted molar refractivity (Wildman–Crippen MR) is 68.7 cm³/mol. The van der Waals surface area contributed by atoms with Crippen LogP contribution < -0.4 is 0 Å².